The van der Waals surface area contributed by atoms with Gasteiger partial charge in [0.2, 0.25) is 17.7 Å². The van der Waals surface area contributed by atoms with Gasteiger partial charge in [-0.2, -0.15) is 0 Å². The molecule has 1 aliphatic carbocycles. The Balaban J connectivity index is 1.51. The number of nitrogens with zero attached hydrogens (tertiary/aromatic N) is 1. The molecule has 136 valence electrons. The molecule has 2 aliphatic rings. The molecule has 0 spiro atoms. The van der Waals surface area contributed by atoms with Crippen molar-refractivity contribution in [3.8, 4) is 0 Å². The first kappa shape index (κ1) is 19.1. The van der Waals surface area contributed by atoms with Gasteiger partial charge in [-0.15, -0.1) is 11.8 Å². The third kappa shape index (κ3) is 6.34. The number of carbonyl (C=O) groups excluding carboxylic acids is 3. The summed E-state index contributed by atoms with van der Waals surface area (Å²) in [5, 5.41) is 5.84. The molecule has 2 fully saturated rings. The van der Waals surface area contributed by atoms with E-state index in [1.807, 2.05) is 11.8 Å². The lowest BCUT2D eigenvalue weighted by atomic mass is 9.99. The minimum Gasteiger partial charge on any atom is -0.354 e. The van der Waals surface area contributed by atoms with Crippen LogP contribution in [0.1, 0.15) is 45.4 Å². The maximum atomic E-state index is 12.0. The second kappa shape index (κ2) is 9.91. The third-order valence-electron chi connectivity index (χ3n) is 4.69. The van der Waals surface area contributed by atoms with Gasteiger partial charge in [0.15, 0.2) is 0 Å². The van der Waals surface area contributed by atoms with E-state index in [4.69, 9.17) is 0 Å². The van der Waals surface area contributed by atoms with Crippen molar-refractivity contribution in [1.29, 1.82) is 0 Å². The van der Waals surface area contributed by atoms with E-state index in [1.54, 1.807) is 0 Å². The molecule has 6 nitrogen and oxygen atoms in total. The van der Waals surface area contributed by atoms with Crippen molar-refractivity contribution < 1.29 is 14.4 Å². The van der Waals surface area contributed by atoms with Gasteiger partial charge in [-0.05, 0) is 25.7 Å². The van der Waals surface area contributed by atoms with Gasteiger partial charge in [0.25, 0.3) is 0 Å². The van der Waals surface area contributed by atoms with E-state index in [0.717, 1.165) is 32.2 Å². The van der Waals surface area contributed by atoms with Crippen LogP contribution in [0, 0.1) is 5.92 Å². The second-order valence-corrected chi connectivity index (χ2v) is 7.75. The number of amides is 3. The van der Waals surface area contributed by atoms with Crippen molar-refractivity contribution >= 4 is 29.5 Å². The largest absolute Gasteiger partial charge is 0.354 e. The fourth-order valence-electron chi connectivity index (χ4n) is 3.31. The minimum absolute atomic E-state index is 0.0209. The van der Waals surface area contributed by atoms with Gasteiger partial charge in [-0.25, -0.2) is 0 Å². The molecule has 1 atom stereocenters. The molecule has 0 bridgehead atoms. The molecule has 3 amide bonds. The summed E-state index contributed by atoms with van der Waals surface area (Å²) in [4.78, 5) is 37.3. The van der Waals surface area contributed by atoms with Crippen LogP contribution in [-0.2, 0) is 14.4 Å². The van der Waals surface area contributed by atoms with Crippen LogP contribution < -0.4 is 10.6 Å². The smallest absolute Gasteiger partial charge is 0.230 e. The first-order valence-corrected chi connectivity index (χ1v) is 10.1. The normalized spacial score (nSPS) is 21.8. The molecule has 7 heteroatoms. The summed E-state index contributed by atoms with van der Waals surface area (Å²) >= 11 is 1.34. The van der Waals surface area contributed by atoms with Gasteiger partial charge in [0, 0.05) is 31.6 Å². The van der Waals surface area contributed by atoms with Crippen LogP contribution in [0.4, 0.5) is 0 Å². The van der Waals surface area contributed by atoms with E-state index >= 15 is 0 Å². The number of carbonyl (C=O) groups is 3. The lowest BCUT2D eigenvalue weighted by molar-refractivity contribution is -0.138. The molecule has 1 aliphatic heterocycles. The molecular formula is C17H29N3O3S. The highest BCUT2D eigenvalue weighted by Gasteiger charge is 2.24. The van der Waals surface area contributed by atoms with Gasteiger partial charge >= 0.3 is 0 Å². The van der Waals surface area contributed by atoms with Crippen molar-refractivity contribution in [3.05, 3.63) is 0 Å². The third-order valence-corrected chi connectivity index (χ3v) is 5.62. The molecule has 0 aromatic rings. The maximum Gasteiger partial charge on any atom is 0.230 e. The molecule has 1 saturated heterocycles. The van der Waals surface area contributed by atoms with Gasteiger partial charge in [0.1, 0.15) is 0 Å². The van der Waals surface area contributed by atoms with Crippen molar-refractivity contribution in [2.45, 2.75) is 51.5 Å². The maximum absolute atomic E-state index is 12.0. The summed E-state index contributed by atoms with van der Waals surface area (Å²) in [6.07, 6.45) is 6.53. The van der Waals surface area contributed by atoms with E-state index in [-0.39, 0.29) is 29.4 Å². The van der Waals surface area contributed by atoms with Crippen LogP contribution in [0.2, 0.25) is 0 Å². The lowest BCUT2D eigenvalue weighted by Gasteiger charge is -2.30. The van der Waals surface area contributed by atoms with Crippen molar-refractivity contribution in [3.63, 3.8) is 0 Å². The van der Waals surface area contributed by atoms with Crippen molar-refractivity contribution in [2.75, 3.05) is 31.1 Å². The zero-order chi connectivity index (χ0) is 17.4. The summed E-state index contributed by atoms with van der Waals surface area (Å²) < 4.78 is 0. The Hall–Kier alpha value is -1.24. The summed E-state index contributed by atoms with van der Waals surface area (Å²) in [7, 11) is 0. The van der Waals surface area contributed by atoms with Gasteiger partial charge in [0.05, 0.1) is 11.5 Å². The summed E-state index contributed by atoms with van der Waals surface area (Å²) in [6.45, 7) is 3.79. The molecule has 2 rings (SSSR count). The van der Waals surface area contributed by atoms with E-state index < -0.39 is 0 Å². The predicted molar refractivity (Wildman–Crippen MR) is 95.7 cm³/mol. The number of hydrogen-bond donors (Lipinski definition) is 2. The Morgan fingerprint density at radius 2 is 1.83 bits per heavy atom. The van der Waals surface area contributed by atoms with Crippen LogP contribution >= 0.6 is 11.8 Å². The monoisotopic (exact) mass is 355 g/mol. The highest BCUT2D eigenvalue weighted by Crippen LogP contribution is 2.18. The first-order chi connectivity index (χ1) is 11.6. The number of hydrogen-bond acceptors (Lipinski definition) is 4. The molecule has 1 heterocycles. The van der Waals surface area contributed by atoms with Crippen molar-refractivity contribution in [2.24, 2.45) is 5.92 Å². The highest BCUT2D eigenvalue weighted by molar-refractivity contribution is 8.00. The van der Waals surface area contributed by atoms with E-state index in [1.165, 1.54) is 24.6 Å². The topological polar surface area (TPSA) is 78.5 Å². The zero-order valence-electron chi connectivity index (χ0n) is 14.5. The molecule has 2 N–H and O–H groups in total. The average molecular weight is 356 g/mol. The van der Waals surface area contributed by atoms with Gasteiger partial charge in [-0.3, -0.25) is 14.4 Å². The summed E-state index contributed by atoms with van der Waals surface area (Å²) in [5.74, 6) is 0.838. The molecule has 0 unspecified atom stereocenters. The second-order valence-electron chi connectivity index (χ2n) is 6.76. The zero-order valence-corrected chi connectivity index (χ0v) is 15.3. The standard InChI is InChI=1S/C17H29N3O3S/c1-13-5-4-9-20(17(13)23)10-8-18-15(21)11-24-12-16(22)19-14-6-2-3-7-14/h13-14H,2-12H2,1H3,(H,18,21)(H,19,22)/t13-/m1/s1. The van der Waals surface area contributed by atoms with Crippen LogP contribution in [0.15, 0.2) is 0 Å². The predicted octanol–water partition coefficient (Wildman–Crippen LogP) is 1.15. The number of piperidine rings is 1. The Kier molecular flexibility index (Phi) is 7.88. The SMILES string of the molecule is C[C@@H]1CCCN(CCNC(=O)CSCC(=O)NC2CCCC2)C1=O. The van der Waals surface area contributed by atoms with Crippen LogP contribution in [0.3, 0.4) is 0 Å². The van der Waals surface area contributed by atoms with Crippen LogP contribution in [-0.4, -0.2) is 59.8 Å². The fourth-order valence-corrected chi connectivity index (χ4v) is 3.97. The van der Waals surface area contributed by atoms with Gasteiger partial charge < -0.3 is 15.5 Å². The van der Waals surface area contributed by atoms with Crippen molar-refractivity contribution in [1.82, 2.24) is 15.5 Å². The van der Waals surface area contributed by atoms with Gasteiger partial charge in [-0.1, -0.05) is 19.8 Å². The highest BCUT2D eigenvalue weighted by atomic mass is 32.2. The minimum atomic E-state index is -0.0776. The molecule has 1 saturated carbocycles. The Morgan fingerprint density at radius 3 is 2.58 bits per heavy atom. The molecular weight excluding hydrogens is 326 g/mol. The number of likely N-dealkylation sites (tertiary alicyclic amines) is 1. The van der Waals surface area contributed by atoms with Crippen LogP contribution in [0.25, 0.3) is 0 Å². The number of rotatable bonds is 8. The van der Waals surface area contributed by atoms with E-state index in [0.29, 0.717) is 24.9 Å². The fraction of sp³-hybridized carbons (Fsp3) is 0.824. The molecule has 0 aromatic heterocycles. The lowest BCUT2D eigenvalue weighted by Crippen LogP contribution is -2.44. The Labute approximate surface area is 148 Å². The van der Waals surface area contributed by atoms with Crippen LogP contribution in [0.5, 0.6) is 0 Å². The molecule has 0 aromatic carbocycles. The summed E-state index contributed by atoms with van der Waals surface area (Å²) in [6, 6.07) is 0.330. The Morgan fingerprint density at radius 1 is 1.12 bits per heavy atom. The quantitative estimate of drug-likeness (QED) is 0.685. The van der Waals surface area contributed by atoms with E-state index in [2.05, 4.69) is 10.6 Å². The first-order valence-electron chi connectivity index (χ1n) is 8.99. The number of nitrogens with one attached hydrogen (secondary N) is 2. The molecule has 24 heavy (non-hydrogen) atoms. The average Bonchev–Trinajstić information content (AvgIpc) is 3.04. The number of thioether (sulfide) groups is 1. The summed E-state index contributed by atoms with van der Waals surface area (Å²) in [5.41, 5.74) is 0. The van der Waals surface area contributed by atoms with E-state index in [9.17, 15) is 14.4 Å². The Bertz CT molecular complexity index is 452. The molecule has 0 radical (unpaired) electrons.